The van der Waals surface area contributed by atoms with Crippen molar-refractivity contribution in [2.45, 2.75) is 66.2 Å². The van der Waals surface area contributed by atoms with Crippen LogP contribution in [0.15, 0.2) is 65.0 Å². The molecule has 0 fully saturated rings. The minimum Gasteiger partial charge on any atom is -0.493 e. The molecule has 0 unspecified atom stereocenters. The Morgan fingerprint density at radius 1 is 0.878 bits per heavy atom. The maximum atomic E-state index is 13.7. The molecule has 0 spiro atoms. The maximum absolute atomic E-state index is 13.7. The van der Waals surface area contributed by atoms with Crippen LogP contribution in [0.25, 0.3) is 0 Å². The molecule has 5 rings (SSSR count). The summed E-state index contributed by atoms with van der Waals surface area (Å²) < 4.78 is 11.5. The van der Waals surface area contributed by atoms with E-state index in [1.807, 2.05) is 50.4 Å². The SMILES string of the molecule is COc1cc(C2C3=C(CC(C)(C)CC3=O)N(C)C3=C2C(=O)CC(C)(C)C3)ccc1OCC(=O)Nc1ccc(C)cc1. The average molecular weight is 557 g/mol. The van der Waals surface area contributed by atoms with E-state index in [-0.39, 0.29) is 34.9 Å². The van der Waals surface area contributed by atoms with Crippen molar-refractivity contribution in [1.82, 2.24) is 4.90 Å². The van der Waals surface area contributed by atoms with Crippen LogP contribution in [0.2, 0.25) is 0 Å². The maximum Gasteiger partial charge on any atom is 0.262 e. The van der Waals surface area contributed by atoms with E-state index in [2.05, 4.69) is 37.9 Å². The van der Waals surface area contributed by atoms with Crippen LogP contribution in [-0.2, 0) is 14.4 Å². The second kappa shape index (κ2) is 10.5. The van der Waals surface area contributed by atoms with Crippen LogP contribution in [0.1, 0.15) is 70.4 Å². The highest BCUT2D eigenvalue weighted by Gasteiger charge is 2.48. The molecule has 0 saturated carbocycles. The Bertz CT molecular complexity index is 1420. The van der Waals surface area contributed by atoms with Crippen molar-refractivity contribution < 1.29 is 23.9 Å². The number of rotatable bonds is 6. The number of nitrogens with zero attached hydrogens (tertiary/aromatic N) is 1. The molecule has 0 saturated heterocycles. The van der Waals surface area contributed by atoms with Gasteiger partial charge in [-0.05, 0) is 60.4 Å². The molecule has 2 aromatic rings. The van der Waals surface area contributed by atoms with Crippen LogP contribution in [0, 0.1) is 17.8 Å². The van der Waals surface area contributed by atoms with E-state index in [9.17, 15) is 14.4 Å². The number of aryl methyl sites for hydroxylation is 1. The molecule has 1 amide bonds. The standard InChI is InChI=1S/C34H40N2O5/c1-20-8-11-22(12-9-20)35-29(39)19-41-27-13-10-21(14-28(27)40-7)30-31-23(15-33(2,3)17-25(31)37)36(6)24-16-34(4,5)18-26(38)32(24)30/h8-14,30H,15-19H2,1-7H3,(H,35,39). The van der Waals surface area contributed by atoms with Crippen LogP contribution in [0.3, 0.4) is 0 Å². The zero-order valence-electron chi connectivity index (χ0n) is 25.1. The molecule has 2 aliphatic carbocycles. The number of carbonyl (C=O) groups excluding carboxylic acids is 3. The van der Waals surface area contributed by atoms with Gasteiger partial charge in [0.05, 0.1) is 7.11 Å². The van der Waals surface area contributed by atoms with Crippen molar-refractivity contribution in [2.75, 3.05) is 26.1 Å². The number of allylic oxidation sites excluding steroid dienone is 4. The molecule has 2 aromatic carbocycles. The van der Waals surface area contributed by atoms with E-state index < -0.39 is 5.92 Å². The Morgan fingerprint density at radius 2 is 1.44 bits per heavy atom. The number of anilines is 1. The van der Waals surface area contributed by atoms with Gasteiger partial charge in [0.25, 0.3) is 5.91 Å². The fourth-order valence-electron chi connectivity index (χ4n) is 6.46. The van der Waals surface area contributed by atoms with Crippen molar-refractivity contribution >= 4 is 23.2 Å². The van der Waals surface area contributed by atoms with Crippen molar-refractivity contribution in [3.05, 3.63) is 76.1 Å². The Hall–Kier alpha value is -3.87. The number of nitrogens with one attached hydrogen (secondary N) is 1. The summed E-state index contributed by atoms with van der Waals surface area (Å²) in [6.07, 6.45) is 2.40. The van der Waals surface area contributed by atoms with Crippen LogP contribution in [-0.4, -0.2) is 43.1 Å². The van der Waals surface area contributed by atoms with Gasteiger partial charge in [0, 0.05) is 54.0 Å². The first-order valence-corrected chi connectivity index (χ1v) is 14.2. The number of amides is 1. The summed E-state index contributed by atoms with van der Waals surface area (Å²) in [4.78, 5) is 42.1. The first-order valence-electron chi connectivity index (χ1n) is 14.2. The van der Waals surface area contributed by atoms with E-state index in [1.54, 1.807) is 13.2 Å². The van der Waals surface area contributed by atoms with Gasteiger partial charge in [0.2, 0.25) is 0 Å². The molecular formula is C34H40N2O5. The van der Waals surface area contributed by atoms with E-state index in [0.29, 0.717) is 41.2 Å². The van der Waals surface area contributed by atoms with Gasteiger partial charge in [-0.2, -0.15) is 0 Å². The van der Waals surface area contributed by atoms with Gasteiger partial charge in [-0.25, -0.2) is 0 Å². The number of hydrogen-bond acceptors (Lipinski definition) is 6. The zero-order valence-corrected chi connectivity index (χ0v) is 25.1. The fraction of sp³-hybridized carbons (Fsp3) is 0.441. The summed E-state index contributed by atoms with van der Waals surface area (Å²) in [6.45, 7) is 10.3. The number of carbonyl (C=O) groups is 3. The van der Waals surface area contributed by atoms with Gasteiger partial charge in [-0.15, -0.1) is 0 Å². The molecule has 0 aromatic heterocycles. The number of methoxy groups -OCH3 is 1. The number of Topliss-reactive ketones (excluding diaryl/α,β-unsaturated/α-hetero) is 2. The van der Waals surface area contributed by atoms with E-state index >= 15 is 0 Å². The molecule has 1 N–H and O–H groups in total. The summed E-state index contributed by atoms with van der Waals surface area (Å²) in [5.74, 6) is 0.288. The second-order valence-electron chi connectivity index (χ2n) is 13.2. The van der Waals surface area contributed by atoms with Crippen molar-refractivity contribution in [3.63, 3.8) is 0 Å². The highest BCUT2D eigenvalue weighted by Crippen LogP contribution is 2.54. The van der Waals surface area contributed by atoms with Crippen molar-refractivity contribution in [2.24, 2.45) is 10.8 Å². The molecule has 41 heavy (non-hydrogen) atoms. The Balaban J connectivity index is 1.49. The predicted octanol–water partition coefficient (Wildman–Crippen LogP) is 6.34. The Labute approximate surface area is 242 Å². The van der Waals surface area contributed by atoms with Crippen LogP contribution >= 0.6 is 0 Å². The molecule has 1 aliphatic heterocycles. The zero-order chi connectivity index (χ0) is 29.7. The molecule has 7 nitrogen and oxygen atoms in total. The van der Waals surface area contributed by atoms with Crippen molar-refractivity contribution in [3.8, 4) is 11.5 Å². The summed E-state index contributed by atoms with van der Waals surface area (Å²) in [6, 6.07) is 13.0. The molecule has 3 aliphatic rings. The third kappa shape index (κ3) is 5.67. The monoisotopic (exact) mass is 556 g/mol. The third-order valence-corrected chi connectivity index (χ3v) is 8.40. The number of hydrogen-bond donors (Lipinski definition) is 1. The highest BCUT2D eigenvalue weighted by molar-refractivity contribution is 6.06. The van der Waals surface area contributed by atoms with Crippen molar-refractivity contribution in [1.29, 1.82) is 0 Å². The minimum atomic E-state index is -0.462. The van der Waals surface area contributed by atoms with E-state index in [4.69, 9.17) is 9.47 Å². The van der Waals surface area contributed by atoms with Gasteiger partial charge in [-0.1, -0.05) is 51.5 Å². The lowest BCUT2D eigenvalue weighted by atomic mass is 9.64. The molecule has 0 atom stereocenters. The summed E-state index contributed by atoms with van der Waals surface area (Å²) in [5.41, 5.74) is 5.75. The van der Waals surface area contributed by atoms with Gasteiger partial charge in [-0.3, -0.25) is 14.4 Å². The lowest BCUT2D eigenvalue weighted by Crippen LogP contribution is -2.43. The molecule has 216 valence electrons. The lowest BCUT2D eigenvalue weighted by molar-refractivity contribution is -0.120. The first-order chi connectivity index (χ1) is 19.3. The number of ketones is 2. The van der Waals surface area contributed by atoms with Crippen LogP contribution in [0.4, 0.5) is 5.69 Å². The van der Waals surface area contributed by atoms with Gasteiger partial charge in [0.15, 0.2) is 29.7 Å². The fourth-order valence-corrected chi connectivity index (χ4v) is 6.46. The van der Waals surface area contributed by atoms with E-state index in [0.717, 1.165) is 35.4 Å². The highest BCUT2D eigenvalue weighted by atomic mass is 16.5. The average Bonchev–Trinajstić information content (AvgIpc) is 2.89. The topological polar surface area (TPSA) is 84.9 Å². The van der Waals surface area contributed by atoms with Crippen LogP contribution in [0.5, 0.6) is 11.5 Å². The smallest absolute Gasteiger partial charge is 0.262 e. The predicted molar refractivity (Wildman–Crippen MR) is 159 cm³/mol. The molecule has 0 bridgehead atoms. The summed E-state index contributed by atoms with van der Waals surface area (Å²) in [5, 5.41) is 2.83. The molecule has 0 radical (unpaired) electrons. The van der Waals surface area contributed by atoms with Gasteiger partial charge in [0.1, 0.15) is 0 Å². The second-order valence-corrected chi connectivity index (χ2v) is 13.2. The molecular weight excluding hydrogens is 516 g/mol. The Kier molecular flexibility index (Phi) is 7.35. The minimum absolute atomic E-state index is 0.0874. The normalized spacial score (nSPS) is 20.0. The summed E-state index contributed by atoms with van der Waals surface area (Å²) in [7, 11) is 3.55. The molecule has 1 heterocycles. The van der Waals surface area contributed by atoms with Gasteiger partial charge < -0.3 is 19.7 Å². The largest absolute Gasteiger partial charge is 0.493 e. The Morgan fingerprint density at radius 3 is 1.98 bits per heavy atom. The van der Waals surface area contributed by atoms with E-state index in [1.165, 1.54) is 0 Å². The summed E-state index contributed by atoms with van der Waals surface area (Å²) >= 11 is 0. The van der Waals surface area contributed by atoms with Gasteiger partial charge >= 0.3 is 0 Å². The lowest BCUT2D eigenvalue weighted by Gasteiger charge is -2.47. The van der Waals surface area contributed by atoms with Crippen LogP contribution < -0.4 is 14.8 Å². The first kappa shape index (κ1) is 28.7. The third-order valence-electron chi connectivity index (χ3n) is 8.40. The quantitative estimate of drug-likeness (QED) is 0.447. The molecule has 7 heteroatoms. The number of benzene rings is 2. The number of ether oxygens (including phenoxy) is 2.